The fraction of sp³-hybridized carbons (Fsp3) is 0.240. The second-order valence-electron chi connectivity index (χ2n) is 7.64. The van der Waals surface area contributed by atoms with Crippen molar-refractivity contribution in [1.82, 2.24) is 14.9 Å². The van der Waals surface area contributed by atoms with E-state index < -0.39 is 0 Å². The Labute approximate surface area is 196 Å². The number of thioether (sulfide) groups is 1. The third kappa shape index (κ3) is 4.26. The van der Waals surface area contributed by atoms with E-state index in [-0.39, 0.29) is 12.7 Å². The van der Waals surface area contributed by atoms with Gasteiger partial charge in [0.2, 0.25) is 11.9 Å². The van der Waals surface area contributed by atoms with E-state index >= 15 is 0 Å². The number of fused-ring (bicyclic) bond motifs is 2. The first-order valence-electron chi connectivity index (χ1n) is 10.8. The maximum Gasteiger partial charge on any atom is 0.231 e. The molecule has 8 heteroatoms. The molecule has 2 heterocycles. The smallest absolute Gasteiger partial charge is 0.231 e. The van der Waals surface area contributed by atoms with E-state index in [0.717, 1.165) is 55.9 Å². The van der Waals surface area contributed by atoms with Gasteiger partial charge in [0.15, 0.2) is 17.3 Å². The summed E-state index contributed by atoms with van der Waals surface area (Å²) in [6, 6.07) is 18.3. The molecule has 168 valence electrons. The molecule has 0 amide bonds. The molecule has 0 saturated heterocycles. The summed E-state index contributed by atoms with van der Waals surface area (Å²) in [5, 5.41) is 16.7. The number of hydrogen-bond acceptors (Lipinski definition) is 7. The molecule has 0 spiro atoms. The van der Waals surface area contributed by atoms with Crippen LogP contribution in [-0.4, -0.2) is 40.7 Å². The Kier molecular flexibility index (Phi) is 5.92. The molecule has 1 atom stereocenters. The highest BCUT2D eigenvalue weighted by molar-refractivity contribution is 7.99. The lowest BCUT2D eigenvalue weighted by Crippen LogP contribution is -2.06. The predicted molar refractivity (Wildman–Crippen MR) is 130 cm³/mol. The summed E-state index contributed by atoms with van der Waals surface area (Å²) in [6.45, 7) is 4.46. The van der Waals surface area contributed by atoms with E-state index in [2.05, 4.69) is 48.3 Å². The van der Waals surface area contributed by atoms with E-state index in [1.54, 1.807) is 25.1 Å². The van der Waals surface area contributed by atoms with Gasteiger partial charge in [-0.15, -0.1) is 10.2 Å². The van der Waals surface area contributed by atoms with Crippen LogP contribution in [-0.2, 0) is 0 Å². The Morgan fingerprint density at radius 2 is 1.88 bits per heavy atom. The first kappa shape index (κ1) is 21.3. The zero-order valence-corrected chi connectivity index (χ0v) is 19.5. The van der Waals surface area contributed by atoms with Gasteiger partial charge in [0.1, 0.15) is 5.75 Å². The quantitative estimate of drug-likeness (QED) is 0.275. The molecule has 0 saturated carbocycles. The van der Waals surface area contributed by atoms with Gasteiger partial charge in [0, 0.05) is 5.92 Å². The van der Waals surface area contributed by atoms with Gasteiger partial charge in [-0.3, -0.25) is 0 Å². The molecular formula is C25H24N4O3S. The van der Waals surface area contributed by atoms with Crippen molar-refractivity contribution in [1.29, 1.82) is 0 Å². The Morgan fingerprint density at radius 1 is 1.06 bits per heavy atom. The van der Waals surface area contributed by atoms with Crippen molar-refractivity contribution >= 4 is 28.7 Å². The van der Waals surface area contributed by atoms with Crippen LogP contribution in [0, 0.1) is 0 Å². The van der Waals surface area contributed by atoms with Crippen molar-refractivity contribution < 1.29 is 14.2 Å². The molecule has 0 aliphatic carbocycles. The van der Waals surface area contributed by atoms with Crippen LogP contribution in [0.1, 0.15) is 36.7 Å². The lowest BCUT2D eigenvalue weighted by atomic mass is 9.97. The Morgan fingerprint density at radius 3 is 2.73 bits per heavy atom. The van der Waals surface area contributed by atoms with Crippen LogP contribution in [0.25, 0.3) is 10.8 Å². The number of rotatable bonds is 7. The Balaban J connectivity index is 1.48. The van der Waals surface area contributed by atoms with Crippen LogP contribution < -0.4 is 14.2 Å². The van der Waals surface area contributed by atoms with Crippen molar-refractivity contribution in [2.45, 2.75) is 24.9 Å². The molecule has 1 aliphatic heterocycles. The zero-order valence-electron chi connectivity index (χ0n) is 18.7. The zero-order chi connectivity index (χ0) is 22.8. The molecule has 0 N–H and O–H groups in total. The summed E-state index contributed by atoms with van der Waals surface area (Å²) < 4.78 is 18.1. The number of aromatic nitrogens is 3. The number of nitrogens with zero attached hydrogens (tertiary/aromatic N) is 4. The van der Waals surface area contributed by atoms with Crippen molar-refractivity contribution in [3.63, 3.8) is 0 Å². The highest BCUT2D eigenvalue weighted by Crippen LogP contribution is 2.33. The van der Waals surface area contributed by atoms with Crippen molar-refractivity contribution in [3.05, 3.63) is 71.5 Å². The summed E-state index contributed by atoms with van der Waals surface area (Å²) in [4.78, 5) is 0. The van der Waals surface area contributed by atoms with Crippen LogP contribution in [0.15, 0.2) is 64.9 Å². The molecule has 0 radical (unpaired) electrons. The molecular weight excluding hydrogens is 436 g/mol. The summed E-state index contributed by atoms with van der Waals surface area (Å²) in [5.74, 6) is 4.00. The summed E-state index contributed by atoms with van der Waals surface area (Å²) in [7, 11) is 1.68. The topological polar surface area (TPSA) is 70.8 Å². The van der Waals surface area contributed by atoms with Crippen LogP contribution >= 0.6 is 11.8 Å². The van der Waals surface area contributed by atoms with E-state index in [0.29, 0.717) is 0 Å². The Bertz CT molecular complexity index is 1330. The Hall–Kier alpha value is -3.52. The van der Waals surface area contributed by atoms with E-state index in [1.165, 1.54) is 0 Å². The monoisotopic (exact) mass is 460 g/mol. The molecule has 7 nitrogen and oxygen atoms in total. The summed E-state index contributed by atoms with van der Waals surface area (Å²) >= 11 is 1.61. The molecule has 0 bridgehead atoms. The van der Waals surface area contributed by atoms with Gasteiger partial charge in [-0.2, -0.15) is 9.78 Å². The van der Waals surface area contributed by atoms with Crippen LogP contribution in [0.3, 0.4) is 0 Å². The maximum atomic E-state index is 5.48. The minimum absolute atomic E-state index is 0.00381. The average Bonchev–Trinajstić information content (AvgIpc) is 3.48. The summed E-state index contributed by atoms with van der Waals surface area (Å²) in [6.07, 6.45) is 1.80. The largest absolute Gasteiger partial charge is 0.497 e. The van der Waals surface area contributed by atoms with E-state index in [9.17, 15) is 0 Å². The number of hydrogen-bond donors (Lipinski definition) is 0. The third-order valence-corrected chi connectivity index (χ3v) is 6.39. The van der Waals surface area contributed by atoms with Crippen molar-refractivity contribution in [2.75, 3.05) is 19.7 Å². The third-order valence-electron chi connectivity index (χ3n) is 5.59. The summed E-state index contributed by atoms with van der Waals surface area (Å²) in [5.41, 5.74) is 2.06. The first-order valence-corrected chi connectivity index (χ1v) is 11.7. The fourth-order valence-electron chi connectivity index (χ4n) is 3.78. The molecule has 33 heavy (non-hydrogen) atoms. The van der Waals surface area contributed by atoms with Gasteiger partial charge in [0.25, 0.3) is 0 Å². The number of methoxy groups -OCH3 is 1. The van der Waals surface area contributed by atoms with Gasteiger partial charge in [0.05, 0.1) is 13.3 Å². The standard InChI is InChI=1S/C25H24N4O3S/c1-4-33-25-28-27-24(29(25)26-14-17-5-10-22-23(11-17)32-15-31-22)16(2)18-6-7-20-13-21(30-3)9-8-19(20)12-18/h5-14,16H,4,15H2,1-3H3/b26-14+. The van der Waals surface area contributed by atoms with Crippen LogP contribution in [0.2, 0.25) is 0 Å². The fourth-order valence-corrected chi connectivity index (χ4v) is 4.40. The van der Waals surface area contributed by atoms with Gasteiger partial charge in [-0.05, 0) is 58.0 Å². The minimum Gasteiger partial charge on any atom is -0.497 e. The minimum atomic E-state index is 0.00381. The number of benzene rings is 3. The lowest BCUT2D eigenvalue weighted by Gasteiger charge is -2.13. The van der Waals surface area contributed by atoms with E-state index in [4.69, 9.17) is 19.3 Å². The normalized spacial score (nSPS) is 13.7. The van der Waals surface area contributed by atoms with Crippen molar-refractivity contribution in [2.24, 2.45) is 5.10 Å². The predicted octanol–water partition coefficient (Wildman–Crippen LogP) is 5.31. The second kappa shape index (κ2) is 9.15. The average molecular weight is 461 g/mol. The molecule has 3 aromatic carbocycles. The van der Waals surface area contributed by atoms with Gasteiger partial charge in [-0.25, -0.2) is 0 Å². The first-order chi connectivity index (χ1) is 16.2. The SMILES string of the molecule is CCSc1nnc(C(C)c2ccc3cc(OC)ccc3c2)n1/N=C/c1ccc2c(c1)OCO2. The lowest BCUT2D eigenvalue weighted by molar-refractivity contribution is 0.174. The molecule has 1 aromatic heterocycles. The maximum absolute atomic E-state index is 5.48. The number of ether oxygens (including phenoxy) is 3. The van der Waals surface area contributed by atoms with Gasteiger partial charge >= 0.3 is 0 Å². The molecule has 1 aliphatic rings. The van der Waals surface area contributed by atoms with Crippen LogP contribution in [0.4, 0.5) is 0 Å². The molecule has 1 unspecified atom stereocenters. The molecule has 5 rings (SSSR count). The second-order valence-corrected chi connectivity index (χ2v) is 8.87. The van der Waals surface area contributed by atoms with Gasteiger partial charge in [-0.1, -0.05) is 49.9 Å². The molecule has 4 aromatic rings. The van der Waals surface area contributed by atoms with Gasteiger partial charge < -0.3 is 14.2 Å². The highest BCUT2D eigenvalue weighted by Gasteiger charge is 2.20. The van der Waals surface area contributed by atoms with Crippen molar-refractivity contribution in [3.8, 4) is 17.2 Å². The molecule has 0 fully saturated rings. The highest BCUT2D eigenvalue weighted by atomic mass is 32.2. The van der Waals surface area contributed by atoms with E-state index in [1.807, 2.05) is 35.0 Å². The van der Waals surface area contributed by atoms with Crippen LogP contribution in [0.5, 0.6) is 17.2 Å².